The third-order valence-corrected chi connectivity index (χ3v) is 7.26. The van der Waals surface area contributed by atoms with Crippen molar-refractivity contribution >= 4 is 11.9 Å². The van der Waals surface area contributed by atoms with Crippen LogP contribution in [0.3, 0.4) is 0 Å². The lowest BCUT2D eigenvalue weighted by Crippen LogP contribution is -2.48. The zero-order valence-corrected chi connectivity index (χ0v) is 17.3. The Morgan fingerprint density at radius 1 is 0.926 bits per heavy atom. The van der Waals surface area contributed by atoms with E-state index in [1.807, 2.05) is 0 Å². The molecule has 27 heavy (non-hydrogen) atoms. The van der Waals surface area contributed by atoms with Gasteiger partial charge in [-0.15, -0.1) is 0 Å². The summed E-state index contributed by atoms with van der Waals surface area (Å²) in [6.07, 6.45) is 12.7. The maximum absolute atomic E-state index is 12.1. The van der Waals surface area contributed by atoms with Crippen molar-refractivity contribution < 1.29 is 19.1 Å². The highest BCUT2D eigenvalue weighted by Gasteiger charge is 2.51. The highest BCUT2D eigenvalue weighted by atomic mass is 16.5. The van der Waals surface area contributed by atoms with E-state index in [0.29, 0.717) is 19.1 Å². The SMILES string of the molecule is CCCCC(CC)COC(=O)CCC(=O)OCC12CC3CC(CC(C3)C1)C2. The molecule has 0 saturated heterocycles. The van der Waals surface area contributed by atoms with Crippen LogP contribution in [0.5, 0.6) is 0 Å². The van der Waals surface area contributed by atoms with Crippen LogP contribution in [0.2, 0.25) is 0 Å². The van der Waals surface area contributed by atoms with Gasteiger partial charge in [0.15, 0.2) is 0 Å². The molecule has 4 nitrogen and oxygen atoms in total. The molecule has 1 atom stereocenters. The molecule has 4 aliphatic rings. The van der Waals surface area contributed by atoms with Crippen molar-refractivity contribution in [3.05, 3.63) is 0 Å². The van der Waals surface area contributed by atoms with E-state index in [0.717, 1.165) is 30.6 Å². The average molecular weight is 379 g/mol. The van der Waals surface area contributed by atoms with Gasteiger partial charge in [0.2, 0.25) is 0 Å². The summed E-state index contributed by atoms with van der Waals surface area (Å²) in [6.45, 7) is 5.36. The van der Waals surface area contributed by atoms with E-state index >= 15 is 0 Å². The first kappa shape index (κ1) is 20.7. The van der Waals surface area contributed by atoms with Gasteiger partial charge in [-0.2, -0.15) is 0 Å². The smallest absolute Gasteiger partial charge is 0.306 e. The summed E-state index contributed by atoms with van der Waals surface area (Å²) >= 11 is 0. The van der Waals surface area contributed by atoms with E-state index in [1.54, 1.807) is 0 Å². The molecular weight excluding hydrogens is 340 g/mol. The van der Waals surface area contributed by atoms with Crippen LogP contribution in [0.1, 0.15) is 90.9 Å². The summed E-state index contributed by atoms with van der Waals surface area (Å²) < 4.78 is 11.0. The molecule has 4 heteroatoms. The van der Waals surface area contributed by atoms with Crippen molar-refractivity contribution in [2.45, 2.75) is 90.9 Å². The Morgan fingerprint density at radius 2 is 1.48 bits per heavy atom. The summed E-state index contributed by atoms with van der Waals surface area (Å²) in [6, 6.07) is 0. The molecule has 0 aliphatic heterocycles. The fourth-order valence-corrected chi connectivity index (χ4v) is 6.16. The van der Waals surface area contributed by atoms with Gasteiger partial charge in [-0.1, -0.05) is 33.1 Å². The zero-order valence-electron chi connectivity index (χ0n) is 17.3. The summed E-state index contributed by atoms with van der Waals surface area (Å²) in [7, 11) is 0. The molecule has 0 aromatic rings. The fourth-order valence-electron chi connectivity index (χ4n) is 6.16. The van der Waals surface area contributed by atoms with Gasteiger partial charge >= 0.3 is 11.9 Å². The molecule has 0 N–H and O–H groups in total. The minimum absolute atomic E-state index is 0.143. The number of ether oxygens (including phenoxy) is 2. The Balaban J connectivity index is 1.32. The second-order valence-electron chi connectivity index (χ2n) is 9.68. The molecule has 154 valence electrons. The molecule has 4 saturated carbocycles. The van der Waals surface area contributed by atoms with Gasteiger partial charge in [-0.25, -0.2) is 0 Å². The van der Waals surface area contributed by atoms with E-state index in [4.69, 9.17) is 9.47 Å². The molecule has 0 heterocycles. The van der Waals surface area contributed by atoms with E-state index in [9.17, 15) is 9.59 Å². The molecule has 0 spiro atoms. The van der Waals surface area contributed by atoms with Gasteiger partial charge in [-0.3, -0.25) is 9.59 Å². The largest absolute Gasteiger partial charge is 0.465 e. The molecule has 0 amide bonds. The second kappa shape index (κ2) is 9.43. The topological polar surface area (TPSA) is 52.6 Å². The van der Waals surface area contributed by atoms with Crippen molar-refractivity contribution in [2.24, 2.45) is 29.1 Å². The fraction of sp³-hybridized carbons (Fsp3) is 0.913. The normalized spacial score (nSPS) is 32.3. The molecule has 1 unspecified atom stereocenters. The molecule has 0 aromatic heterocycles. The third kappa shape index (κ3) is 5.71. The lowest BCUT2D eigenvalue weighted by Gasteiger charge is -2.56. The molecule has 4 rings (SSSR count). The van der Waals surface area contributed by atoms with Crippen LogP contribution in [-0.2, 0) is 19.1 Å². The van der Waals surface area contributed by atoms with Crippen LogP contribution >= 0.6 is 0 Å². The monoisotopic (exact) mass is 378 g/mol. The number of hydrogen-bond acceptors (Lipinski definition) is 4. The van der Waals surface area contributed by atoms with E-state index in [1.165, 1.54) is 51.4 Å². The molecule has 4 aliphatic carbocycles. The number of unbranched alkanes of at least 4 members (excludes halogenated alkanes) is 1. The van der Waals surface area contributed by atoms with E-state index < -0.39 is 0 Å². The van der Waals surface area contributed by atoms with Crippen LogP contribution < -0.4 is 0 Å². The Morgan fingerprint density at radius 3 is 2.00 bits per heavy atom. The predicted molar refractivity (Wildman–Crippen MR) is 105 cm³/mol. The van der Waals surface area contributed by atoms with E-state index in [-0.39, 0.29) is 30.2 Å². The molecule has 0 radical (unpaired) electrons. The maximum Gasteiger partial charge on any atom is 0.306 e. The number of rotatable bonds is 11. The van der Waals surface area contributed by atoms with Gasteiger partial charge in [0.25, 0.3) is 0 Å². The Hall–Kier alpha value is -1.06. The average Bonchev–Trinajstić information content (AvgIpc) is 2.64. The Kier molecular flexibility index (Phi) is 7.22. The number of carbonyl (C=O) groups excluding carboxylic acids is 2. The Labute approximate surface area is 164 Å². The van der Waals surface area contributed by atoms with Gasteiger partial charge in [-0.05, 0) is 68.6 Å². The Bertz CT molecular complexity index is 477. The summed E-state index contributed by atoms with van der Waals surface area (Å²) in [5.74, 6) is 2.53. The van der Waals surface area contributed by atoms with Crippen LogP contribution in [0, 0.1) is 29.1 Å². The van der Waals surface area contributed by atoms with Crippen molar-refractivity contribution in [3.8, 4) is 0 Å². The summed E-state index contributed by atoms with van der Waals surface area (Å²) in [5.41, 5.74) is 0.249. The second-order valence-corrected chi connectivity index (χ2v) is 9.68. The van der Waals surface area contributed by atoms with Crippen molar-refractivity contribution in [1.29, 1.82) is 0 Å². The van der Waals surface area contributed by atoms with Gasteiger partial charge in [0.1, 0.15) is 0 Å². The quantitative estimate of drug-likeness (QED) is 0.459. The molecule has 4 bridgehead atoms. The predicted octanol–water partition coefficient (Wildman–Crippen LogP) is 5.29. The van der Waals surface area contributed by atoms with Crippen LogP contribution in [0.15, 0.2) is 0 Å². The van der Waals surface area contributed by atoms with Crippen molar-refractivity contribution in [3.63, 3.8) is 0 Å². The van der Waals surface area contributed by atoms with Crippen LogP contribution in [0.25, 0.3) is 0 Å². The first-order valence-electron chi connectivity index (χ1n) is 11.3. The van der Waals surface area contributed by atoms with Gasteiger partial charge in [0, 0.05) is 5.41 Å². The lowest BCUT2D eigenvalue weighted by atomic mass is 9.50. The lowest BCUT2D eigenvalue weighted by molar-refractivity contribution is -0.158. The number of esters is 2. The first-order valence-corrected chi connectivity index (χ1v) is 11.3. The van der Waals surface area contributed by atoms with Crippen LogP contribution in [-0.4, -0.2) is 25.2 Å². The third-order valence-electron chi connectivity index (χ3n) is 7.26. The summed E-state index contributed by atoms with van der Waals surface area (Å²) in [4.78, 5) is 24.1. The van der Waals surface area contributed by atoms with Crippen molar-refractivity contribution in [1.82, 2.24) is 0 Å². The van der Waals surface area contributed by atoms with Crippen LogP contribution in [0.4, 0.5) is 0 Å². The minimum atomic E-state index is -0.267. The highest BCUT2D eigenvalue weighted by Crippen LogP contribution is 2.60. The number of carbonyl (C=O) groups is 2. The molecule has 4 fully saturated rings. The van der Waals surface area contributed by atoms with Crippen molar-refractivity contribution in [2.75, 3.05) is 13.2 Å². The van der Waals surface area contributed by atoms with Gasteiger partial charge < -0.3 is 9.47 Å². The maximum atomic E-state index is 12.1. The molecular formula is C23H38O4. The zero-order chi connectivity index (χ0) is 19.3. The van der Waals surface area contributed by atoms with E-state index in [2.05, 4.69) is 13.8 Å². The summed E-state index contributed by atoms with van der Waals surface area (Å²) in [5, 5.41) is 0. The minimum Gasteiger partial charge on any atom is -0.465 e. The van der Waals surface area contributed by atoms with Gasteiger partial charge in [0.05, 0.1) is 26.1 Å². The number of hydrogen-bond donors (Lipinski definition) is 0. The molecule has 0 aromatic carbocycles. The first-order chi connectivity index (χ1) is 13.0. The standard InChI is InChI=1S/C23H38O4/c1-3-5-6-17(4-2)15-26-21(24)7-8-22(25)27-16-23-12-18-9-19(13-23)11-20(10-18)14-23/h17-20H,3-16H2,1-2H3. The highest BCUT2D eigenvalue weighted by molar-refractivity contribution is 5.77.